The second-order valence-corrected chi connectivity index (χ2v) is 23.8. The lowest BCUT2D eigenvalue weighted by Crippen LogP contribution is -2.60. The number of aliphatic hydroxyl groups is 1. The summed E-state index contributed by atoms with van der Waals surface area (Å²) in [6, 6.07) is -14.7. The third-order valence-corrected chi connectivity index (χ3v) is 15.4. The molecule has 0 unspecified atom stereocenters. The van der Waals surface area contributed by atoms with Gasteiger partial charge in [0.05, 0.1) is 6.10 Å². The number of carbonyl (C=O) groups is 12. The van der Waals surface area contributed by atoms with Crippen molar-refractivity contribution in [1.29, 1.82) is 5.41 Å². The molecule has 572 valence electrons. The normalized spacial score (nSPS) is 15.3. The van der Waals surface area contributed by atoms with Crippen LogP contribution in [0.2, 0.25) is 0 Å². The highest BCUT2D eigenvalue weighted by atomic mass is 16.4. The smallest absolute Gasteiger partial charge is 0.322 e. The number of aliphatic imine (C=N–C) groups is 4. The summed E-state index contributed by atoms with van der Waals surface area (Å²) in [5.41, 5.74) is 67.2. The minimum Gasteiger partial charge on any atom is -0.481 e. The summed E-state index contributed by atoms with van der Waals surface area (Å²) >= 11 is 0. The fourth-order valence-electron chi connectivity index (χ4n) is 10.1. The quantitative estimate of drug-likeness (QED) is 0.0153. The molecule has 1 saturated heterocycles. The number of guanidine groups is 5. The second-order valence-electron chi connectivity index (χ2n) is 23.8. The molecule has 1 aliphatic rings. The highest BCUT2D eigenvalue weighted by Gasteiger charge is 2.40. The van der Waals surface area contributed by atoms with E-state index in [9.17, 15) is 72.9 Å². The molecule has 0 spiro atoms. The molecule has 38 N–H and O–H groups in total. The zero-order chi connectivity index (χ0) is 76.1. The largest absolute Gasteiger partial charge is 0.481 e. The predicted octanol–water partition coefficient (Wildman–Crippen LogP) is -10.6. The van der Waals surface area contributed by atoms with Crippen molar-refractivity contribution in [1.82, 2.24) is 58.1 Å². The van der Waals surface area contributed by atoms with Crippen molar-refractivity contribution in [3.05, 3.63) is 0 Å². The molecule has 1 heterocycles. The molecular weight excluding hydrogens is 1330 g/mol. The van der Waals surface area contributed by atoms with Crippen LogP contribution < -0.4 is 122 Å². The van der Waals surface area contributed by atoms with Gasteiger partial charge in [-0.3, -0.25) is 82.9 Å². The van der Waals surface area contributed by atoms with Gasteiger partial charge in [-0.05, 0) is 142 Å². The van der Waals surface area contributed by atoms with Crippen LogP contribution >= 0.6 is 0 Å². The van der Waals surface area contributed by atoms with E-state index in [0.29, 0.717) is 19.3 Å². The first-order valence-electron chi connectivity index (χ1n) is 33.3. The first-order valence-corrected chi connectivity index (χ1v) is 33.3. The number of unbranched alkanes of at least 4 members (excludes halogenated alkanes) is 2. The number of carbonyl (C=O) groups excluding carboxylic acids is 10. The predicted molar refractivity (Wildman–Crippen MR) is 372 cm³/mol. The van der Waals surface area contributed by atoms with E-state index in [1.54, 1.807) is 0 Å². The highest BCUT2D eigenvalue weighted by molar-refractivity contribution is 5.99. The first kappa shape index (κ1) is 88.8. The SMILES string of the molecule is C[C@@H](O)[C@H](N)C(=O)N1CCC[C@H]1C(=O)N[C@@H](CCCN=C(N)N)C(=O)N[C@@H](CCC(=O)O)C(=O)N[C@@H](CCCN=C(N)N)C(=O)N[C@@H](CCCN=C(N)N)C(=O)N[C@@H](CCCNC(=N)N)C(=O)N[C@@H](CCCCN)C(=O)N[C@@H](CCCCN)C(=O)N[C@@H](CCCN=C(N)N)C(=O)NCC(=O)O. The number of carboxylic acids is 2. The second kappa shape index (κ2) is 49.4. The van der Waals surface area contributed by atoms with Gasteiger partial charge >= 0.3 is 11.9 Å². The fraction of sp³-hybridized carbons (Fsp3) is 0.707. The van der Waals surface area contributed by atoms with Crippen LogP contribution in [0, 0.1) is 5.41 Å². The molecule has 0 radical (unpaired) electrons. The average Bonchev–Trinajstić information content (AvgIpc) is 1.77. The van der Waals surface area contributed by atoms with Crippen LogP contribution in [0.4, 0.5) is 0 Å². The first-order chi connectivity index (χ1) is 47.7. The van der Waals surface area contributed by atoms with E-state index in [0.717, 1.165) is 0 Å². The van der Waals surface area contributed by atoms with Crippen LogP contribution in [-0.2, 0) is 57.5 Å². The Kier molecular flexibility index (Phi) is 43.4. The Balaban J connectivity index is 3.92. The summed E-state index contributed by atoms with van der Waals surface area (Å²) in [4.78, 5) is 182. The lowest BCUT2D eigenvalue weighted by atomic mass is 10.0. The molecule has 1 aliphatic heterocycles. The van der Waals surface area contributed by atoms with Crippen molar-refractivity contribution in [2.45, 2.75) is 202 Å². The molecule has 0 aromatic heterocycles. The minimum atomic E-state index is -1.75. The molecule has 1 fully saturated rings. The van der Waals surface area contributed by atoms with Crippen molar-refractivity contribution in [2.24, 2.45) is 88.8 Å². The zero-order valence-electron chi connectivity index (χ0n) is 57.3. The van der Waals surface area contributed by atoms with Gasteiger partial charge in [0.1, 0.15) is 67.0 Å². The molecule has 43 heteroatoms. The van der Waals surface area contributed by atoms with Crippen LogP contribution in [0.1, 0.15) is 135 Å². The van der Waals surface area contributed by atoms with Crippen molar-refractivity contribution in [2.75, 3.05) is 58.9 Å². The van der Waals surface area contributed by atoms with Crippen molar-refractivity contribution in [3.8, 4) is 0 Å². The van der Waals surface area contributed by atoms with Gasteiger partial charge in [-0.2, -0.15) is 0 Å². The molecule has 0 aromatic carbocycles. The van der Waals surface area contributed by atoms with Crippen LogP contribution in [0.25, 0.3) is 0 Å². The zero-order valence-corrected chi connectivity index (χ0v) is 57.3. The van der Waals surface area contributed by atoms with Gasteiger partial charge in [-0.15, -0.1) is 0 Å². The number of nitrogens with zero attached hydrogens (tertiary/aromatic N) is 5. The number of amides is 10. The third kappa shape index (κ3) is 38.1. The maximum Gasteiger partial charge on any atom is 0.322 e. The lowest BCUT2D eigenvalue weighted by Gasteiger charge is -2.30. The topological polar surface area (TPSA) is 775 Å². The lowest BCUT2D eigenvalue weighted by molar-refractivity contribution is -0.142. The van der Waals surface area contributed by atoms with Crippen molar-refractivity contribution < 1.29 is 72.9 Å². The van der Waals surface area contributed by atoms with Gasteiger partial charge in [-0.1, -0.05) is 0 Å². The Morgan fingerprint density at radius 3 is 1.07 bits per heavy atom. The Labute approximate surface area is 584 Å². The number of likely N-dealkylation sites (tertiary alicyclic amines) is 1. The van der Waals surface area contributed by atoms with E-state index < -0.39 is 163 Å². The van der Waals surface area contributed by atoms with E-state index in [2.05, 4.69) is 73.1 Å². The molecule has 10 amide bonds. The van der Waals surface area contributed by atoms with Crippen molar-refractivity contribution in [3.63, 3.8) is 0 Å². The maximum absolute atomic E-state index is 14.8. The number of hydrogen-bond acceptors (Lipinski definition) is 21. The van der Waals surface area contributed by atoms with Gasteiger partial charge in [-0.25, -0.2) is 0 Å². The molecule has 0 aliphatic carbocycles. The Morgan fingerprint density at radius 2 is 0.762 bits per heavy atom. The van der Waals surface area contributed by atoms with E-state index >= 15 is 0 Å². The van der Waals surface area contributed by atoms with Crippen molar-refractivity contribution >= 4 is 101 Å². The number of nitrogens with two attached hydrogens (primary N) is 12. The van der Waals surface area contributed by atoms with Crippen LogP contribution in [-0.4, -0.2) is 246 Å². The summed E-state index contributed by atoms with van der Waals surface area (Å²) in [6.45, 7) is 0.767. The number of rotatable bonds is 52. The summed E-state index contributed by atoms with van der Waals surface area (Å²) in [5, 5.41) is 62.3. The number of hydrogen-bond donors (Lipinski definition) is 26. The van der Waals surface area contributed by atoms with E-state index in [-0.39, 0.29) is 173 Å². The number of carboxylic acid groups (broad SMARTS) is 2. The molecule has 0 saturated carbocycles. The summed E-state index contributed by atoms with van der Waals surface area (Å²) in [6.07, 6.45) is -1.70. The highest BCUT2D eigenvalue weighted by Crippen LogP contribution is 2.20. The molecular formula is C58H110N28O15. The standard InChI is InChI=1S/C58H110N28O15/c1-31(87)43(61)53(101)86-29-11-19-40(86)52(100)85-38(18-10-28-76-58(70)71)50(98)84-39(20-21-41(88)89)51(99)83-37(17-9-27-75-57(68)69)49(97)82-36(16-8-26-74-56(66)67)48(96)81-35(15-7-25-73-55(64)65)47(95)80-34(13-3-5-23-60)46(94)79-33(12-2-4-22-59)45(93)78-32(14-6-24-72-54(62)63)44(92)77-30-42(90)91/h31-40,43,87H,2-30,59-61H2,1H3,(H,77,92)(H,78,93)(H,79,94)(H,80,95)(H,81,96)(H,82,97)(H,83,99)(H,84,98)(H,85,100)(H,88,89)(H,90,91)(H4,62,63,72)(H4,64,65,73)(H4,66,67,74)(H4,68,69,75)(H4,70,71,76)/t31-,32+,33+,34+,35+,36+,37+,38+,39+,40+,43+/m1/s1. The van der Waals surface area contributed by atoms with Crippen LogP contribution in [0.3, 0.4) is 0 Å². The molecule has 0 bridgehead atoms. The van der Waals surface area contributed by atoms with Gasteiger partial charge in [0.25, 0.3) is 0 Å². The van der Waals surface area contributed by atoms with E-state index in [1.807, 2.05) is 0 Å². The molecule has 43 nitrogen and oxygen atoms in total. The van der Waals surface area contributed by atoms with E-state index in [4.69, 9.17) is 74.2 Å². The van der Waals surface area contributed by atoms with Gasteiger partial charge < -0.3 is 142 Å². The Bertz CT molecular complexity index is 2830. The Hall–Kier alpha value is -10.2. The molecule has 1 rings (SSSR count). The summed E-state index contributed by atoms with van der Waals surface area (Å²) in [7, 11) is 0. The van der Waals surface area contributed by atoms with E-state index in [1.165, 1.54) is 11.8 Å². The number of aliphatic hydroxyl groups excluding tert-OH is 1. The molecule has 101 heavy (non-hydrogen) atoms. The average molecular weight is 1440 g/mol. The monoisotopic (exact) mass is 1440 g/mol. The minimum absolute atomic E-state index is 0.0102. The molecule has 0 aromatic rings. The number of aliphatic carboxylic acids is 2. The summed E-state index contributed by atoms with van der Waals surface area (Å²) in [5.74, 6) is -13.6. The fourth-order valence-corrected chi connectivity index (χ4v) is 10.1. The third-order valence-electron chi connectivity index (χ3n) is 15.4. The van der Waals surface area contributed by atoms with Crippen LogP contribution in [0.5, 0.6) is 0 Å². The van der Waals surface area contributed by atoms with Gasteiger partial charge in [0.15, 0.2) is 29.8 Å². The van der Waals surface area contributed by atoms with Gasteiger partial charge in [0.2, 0.25) is 59.1 Å². The van der Waals surface area contributed by atoms with Crippen LogP contribution in [0.15, 0.2) is 20.0 Å². The maximum atomic E-state index is 14.8. The molecule has 11 atom stereocenters. The Morgan fingerprint density at radius 1 is 0.446 bits per heavy atom. The number of nitrogens with one attached hydrogen (secondary N) is 11. The van der Waals surface area contributed by atoms with Gasteiger partial charge in [0, 0.05) is 45.7 Å². The summed E-state index contributed by atoms with van der Waals surface area (Å²) < 4.78 is 0.